The highest BCUT2D eigenvalue weighted by atomic mass is 16.5. The minimum atomic E-state index is -0.889. The van der Waals surface area contributed by atoms with Crippen molar-refractivity contribution < 1.29 is 19.1 Å². The molecule has 1 heterocycles. The zero-order valence-electron chi connectivity index (χ0n) is 18.3. The number of hydrogen-bond donors (Lipinski definition) is 1. The van der Waals surface area contributed by atoms with Gasteiger partial charge in [0.15, 0.2) is 0 Å². The number of nitrogens with zero attached hydrogens (tertiary/aromatic N) is 3. The molecular weight excluding hydrogens is 408 g/mol. The molecule has 2 N–H and O–H groups in total. The average Bonchev–Trinajstić information content (AvgIpc) is 2.82. The van der Waals surface area contributed by atoms with E-state index in [0.717, 1.165) is 5.69 Å². The third-order valence-corrected chi connectivity index (χ3v) is 5.23. The number of methoxy groups -OCH3 is 2. The van der Waals surface area contributed by atoms with Crippen LogP contribution in [0.5, 0.6) is 0 Å². The highest BCUT2D eigenvalue weighted by Gasteiger charge is 2.42. The largest absolute Gasteiger partial charge is 0.466 e. The van der Waals surface area contributed by atoms with Gasteiger partial charge in [-0.05, 0) is 29.8 Å². The number of carbonyl (C=O) groups excluding carboxylic acids is 2. The molecule has 2 aromatic carbocycles. The number of esters is 2. The lowest BCUT2D eigenvalue weighted by Crippen LogP contribution is -2.40. The molecule has 32 heavy (non-hydrogen) atoms. The van der Waals surface area contributed by atoms with Crippen LogP contribution in [0.3, 0.4) is 0 Å². The number of nitriles is 1. The van der Waals surface area contributed by atoms with Crippen molar-refractivity contribution >= 4 is 23.3 Å². The van der Waals surface area contributed by atoms with Crippen molar-refractivity contribution in [1.82, 2.24) is 0 Å². The van der Waals surface area contributed by atoms with Crippen molar-refractivity contribution in [2.24, 2.45) is 5.73 Å². The summed E-state index contributed by atoms with van der Waals surface area (Å²) >= 11 is 0. The SMILES string of the molecule is COC(=O)C1=C(C(=O)OC)N(c2ccc(N(C)C)cc2)C(N)=C(C#N)C1c1ccccc1. The van der Waals surface area contributed by atoms with Gasteiger partial charge in [-0.3, -0.25) is 4.90 Å². The maximum atomic E-state index is 13.0. The first-order valence-electron chi connectivity index (χ1n) is 9.78. The number of nitrogens with two attached hydrogens (primary N) is 1. The van der Waals surface area contributed by atoms with E-state index in [1.54, 1.807) is 36.4 Å². The molecule has 0 fully saturated rings. The monoisotopic (exact) mass is 432 g/mol. The van der Waals surface area contributed by atoms with E-state index < -0.39 is 17.9 Å². The Labute approximate surface area is 186 Å². The lowest BCUT2D eigenvalue weighted by molar-refractivity contribution is -0.139. The maximum absolute atomic E-state index is 13.0. The van der Waals surface area contributed by atoms with E-state index in [9.17, 15) is 14.9 Å². The summed E-state index contributed by atoms with van der Waals surface area (Å²) in [5.74, 6) is -2.38. The molecule has 0 saturated carbocycles. The summed E-state index contributed by atoms with van der Waals surface area (Å²) in [6.07, 6.45) is 0. The molecule has 0 aromatic heterocycles. The molecule has 0 bridgehead atoms. The molecule has 164 valence electrons. The van der Waals surface area contributed by atoms with Crippen LogP contribution >= 0.6 is 0 Å². The Morgan fingerprint density at radius 2 is 1.59 bits per heavy atom. The summed E-state index contributed by atoms with van der Waals surface area (Å²) in [4.78, 5) is 29.2. The van der Waals surface area contributed by atoms with Gasteiger partial charge in [-0.2, -0.15) is 5.26 Å². The van der Waals surface area contributed by atoms with Crippen LogP contribution in [-0.2, 0) is 19.1 Å². The van der Waals surface area contributed by atoms with Crippen LogP contribution in [0.25, 0.3) is 0 Å². The zero-order valence-corrected chi connectivity index (χ0v) is 18.3. The highest BCUT2D eigenvalue weighted by Crippen LogP contribution is 2.43. The lowest BCUT2D eigenvalue weighted by Gasteiger charge is -2.36. The quantitative estimate of drug-likeness (QED) is 0.719. The van der Waals surface area contributed by atoms with Crippen molar-refractivity contribution in [1.29, 1.82) is 5.26 Å². The Kier molecular flexibility index (Phi) is 6.50. The van der Waals surface area contributed by atoms with Gasteiger partial charge in [0.25, 0.3) is 0 Å². The molecule has 0 radical (unpaired) electrons. The Morgan fingerprint density at radius 3 is 2.09 bits per heavy atom. The summed E-state index contributed by atoms with van der Waals surface area (Å²) in [6.45, 7) is 0. The van der Waals surface area contributed by atoms with Crippen LogP contribution in [0.2, 0.25) is 0 Å². The maximum Gasteiger partial charge on any atom is 0.355 e. The number of carbonyl (C=O) groups is 2. The molecule has 8 heteroatoms. The van der Waals surface area contributed by atoms with Gasteiger partial charge in [0.2, 0.25) is 0 Å². The first kappa shape index (κ1) is 22.4. The Bertz CT molecular complexity index is 1130. The van der Waals surface area contributed by atoms with Gasteiger partial charge in [-0.15, -0.1) is 0 Å². The van der Waals surface area contributed by atoms with Crippen molar-refractivity contribution in [3.8, 4) is 6.07 Å². The number of benzene rings is 2. The highest BCUT2D eigenvalue weighted by molar-refractivity contribution is 6.06. The Morgan fingerprint density at radius 1 is 1.00 bits per heavy atom. The minimum absolute atomic E-state index is 0.0204. The molecule has 3 rings (SSSR count). The van der Waals surface area contributed by atoms with Crippen molar-refractivity contribution in [3.63, 3.8) is 0 Å². The second kappa shape index (κ2) is 9.27. The normalized spacial score (nSPS) is 15.8. The van der Waals surface area contributed by atoms with Crippen molar-refractivity contribution in [2.45, 2.75) is 5.92 Å². The van der Waals surface area contributed by atoms with E-state index >= 15 is 0 Å². The van der Waals surface area contributed by atoms with Gasteiger partial charge in [0.05, 0.1) is 37.4 Å². The smallest absolute Gasteiger partial charge is 0.355 e. The van der Waals surface area contributed by atoms with Crippen molar-refractivity contribution in [2.75, 3.05) is 38.1 Å². The van der Waals surface area contributed by atoms with E-state index in [1.807, 2.05) is 37.2 Å². The minimum Gasteiger partial charge on any atom is -0.466 e. The number of ether oxygens (including phenoxy) is 2. The number of hydrogen-bond acceptors (Lipinski definition) is 8. The molecule has 2 aromatic rings. The average molecular weight is 432 g/mol. The fourth-order valence-electron chi connectivity index (χ4n) is 3.68. The summed E-state index contributed by atoms with van der Waals surface area (Å²) in [6, 6.07) is 18.2. The lowest BCUT2D eigenvalue weighted by atomic mass is 9.81. The van der Waals surface area contributed by atoms with Crippen LogP contribution in [0, 0.1) is 11.3 Å². The predicted octanol–water partition coefficient (Wildman–Crippen LogP) is 2.65. The first-order valence-corrected chi connectivity index (χ1v) is 9.78. The molecule has 0 amide bonds. The Hall–Kier alpha value is -4.25. The third kappa shape index (κ3) is 3.88. The summed E-state index contributed by atoms with van der Waals surface area (Å²) < 4.78 is 10.0. The van der Waals surface area contributed by atoms with Crippen LogP contribution in [0.4, 0.5) is 11.4 Å². The predicted molar refractivity (Wildman–Crippen MR) is 120 cm³/mol. The standard InChI is InChI=1S/C24H24N4O4/c1-27(2)16-10-12-17(13-11-16)28-21(24(30)32-4)20(23(29)31-3)19(18(14-25)22(28)26)15-8-6-5-7-9-15/h5-13,19H,26H2,1-4H3. The second-order valence-electron chi connectivity index (χ2n) is 7.25. The van der Waals surface area contributed by atoms with Crippen LogP contribution in [-0.4, -0.2) is 40.3 Å². The fourth-order valence-corrected chi connectivity index (χ4v) is 3.68. The molecule has 1 atom stereocenters. The summed E-state index contributed by atoms with van der Waals surface area (Å²) in [5.41, 5.74) is 8.51. The summed E-state index contributed by atoms with van der Waals surface area (Å²) in [7, 11) is 6.24. The van der Waals surface area contributed by atoms with Crippen LogP contribution in [0.15, 0.2) is 77.3 Å². The number of rotatable bonds is 5. The second-order valence-corrected chi connectivity index (χ2v) is 7.25. The van der Waals surface area contributed by atoms with Crippen LogP contribution in [0.1, 0.15) is 11.5 Å². The van der Waals surface area contributed by atoms with Gasteiger partial charge < -0.3 is 20.1 Å². The first-order chi connectivity index (χ1) is 15.3. The third-order valence-electron chi connectivity index (χ3n) is 5.23. The van der Waals surface area contributed by atoms with Crippen molar-refractivity contribution in [3.05, 3.63) is 82.8 Å². The molecule has 0 saturated heterocycles. The van der Waals surface area contributed by atoms with Gasteiger partial charge in [-0.1, -0.05) is 30.3 Å². The summed E-state index contributed by atoms with van der Waals surface area (Å²) in [5, 5.41) is 10.0. The van der Waals surface area contributed by atoms with E-state index in [4.69, 9.17) is 15.2 Å². The van der Waals surface area contributed by atoms with Gasteiger partial charge in [-0.25, -0.2) is 9.59 Å². The molecule has 1 unspecified atom stereocenters. The Balaban J connectivity index is 2.35. The molecule has 0 spiro atoms. The molecular formula is C24H24N4O4. The molecule has 8 nitrogen and oxygen atoms in total. The number of anilines is 2. The van der Waals surface area contributed by atoms with E-state index in [-0.39, 0.29) is 22.7 Å². The zero-order chi connectivity index (χ0) is 23.4. The van der Waals surface area contributed by atoms with E-state index in [2.05, 4.69) is 6.07 Å². The molecule has 1 aliphatic heterocycles. The number of allylic oxidation sites excluding steroid dienone is 1. The molecule has 1 aliphatic rings. The van der Waals surface area contributed by atoms with Gasteiger partial charge >= 0.3 is 11.9 Å². The van der Waals surface area contributed by atoms with Gasteiger partial charge in [0.1, 0.15) is 11.5 Å². The van der Waals surface area contributed by atoms with E-state index in [1.165, 1.54) is 19.1 Å². The topological polar surface area (TPSA) is 109 Å². The van der Waals surface area contributed by atoms with Crippen LogP contribution < -0.4 is 15.5 Å². The fraction of sp³-hybridized carbons (Fsp3) is 0.208. The van der Waals surface area contributed by atoms with Gasteiger partial charge in [0, 0.05) is 25.5 Å². The van der Waals surface area contributed by atoms with E-state index in [0.29, 0.717) is 11.3 Å². The molecule has 0 aliphatic carbocycles.